The van der Waals surface area contributed by atoms with Crippen LogP contribution in [-0.4, -0.2) is 42.6 Å². The Balaban J connectivity index is 1.87. The fourth-order valence-electron chi connectivity index (χ4n) is 2.24. The summed E-state index contributed by atoms with van der Waals surface area (Å²) in [6.45, 7) is 3.91. The summed E-state index contributed by atoms with van der Waals surface area (Å²) < 4.78 is 5.26. The van der Waals surface area contributed by atoms with E-state index in [1.54, 1.807) is 4.90 Å². The van der Waals surface area contributed by atoms with Crippen molar-refractivity contribution in [3.63, 3.8) is 0 Å². The average Bonchev–Trinajstić information content (AvgIpc) is 2.88. The molecule has 4 heteroatoms. The number of rotatable bonds is 7. The van der Waals surface area contributed by atoms with Gasteiger partial charge in [-0.2, -0.15) is 0 Å². The molecule has 0 atom stereocenters. The number of H-pyrrole nitrogens is 1. The quantitative estimate of drug-likeness (QED) is 0.789. The highest BCUT2D eigenvalue weighted by Gasteiger charge is 2.10. The van der Waals surface area contributed by atoms with Crippen molar-refractivity contribution >= 4 is 16.8 Å². The highest BCUT2D eigenvalue weighted by molar-refractivity contribution is 5.84. The summed E-state index contributed by atoms with van der Waals surface area (Å²) in [6, 6.07) is 8.17. The van der Waals surface area contributed by atoms with Crippen molar-refractivity contribution in [2.24, 2.45) is 0 Å². The molecule has 0 aliphatic carbocycles. The topological polar surface area (TPSA) is 45.3 Å². The van der Waals surface area contributed by atoms with Gasteiger partial charge in [0.05, 0.1) is 6.61 Å². The van der Waals surface area contributed by atoms with E-state index >= 15 is 0 Å². The third-order valence-electron chi connectivity index (χ3n) is 3.48. The van der Waals surface area contributed by atoms with Crippen molar-refractivity contribution in [3.05, 3.63) is 36.0 Å². The van der Waals surface area contributed by atoms with Gasteiger partial charge in [0.1, 0.15) is 0 Å². The Hall–Kier alpha value is -1.81. The van der Waals surface area contributed by atoms with Gasteiger partial charge in [-0.1, -0.05) is 18.2 Å². The molecule has 4 nitrogen and oxygen atoms in total. The molecule has 0 fully saturated rings. The number of aromatic nitrogens is 1. The first-order chi connectivity index (χ1) is 9.72. The minimum atomic E-state index is 0.162. The molecule has 108 valence electrons. The Kier molecular flexibility index (Phi) is 5.18. The molecule has 0 spiro atoms. The van der Waals surface area contributed by atoms with Crippen LogP contribution in [0.15, 0.2) is 30.5 Å². The number of ether oxygens (including phenoxy) is 1. The third-order valence-corrected chi connectivity index (χ3v) is 3.48. The molecule has 0 bridgehead atoms. The summed E-state index contributed by atoms with van der Waals surface area (Å²) in [7, 11) is 1.83. The monoisotopic (exact) mass is 274 g/mol. The van der Waals surface area contributed by atoms with Gasteiger partial charge in [-0.15, -0.1) is 0 Å². The summed E-state index contributed by atoms with van der Waals surface area (Å²) in [4.78, 5) is 17.0. The third kappa shape index (κ3) is 3.61. The number of hydrogen-bond donors (Lipinski definition) is 1. The number of nitrogens with one attached hydrogen (secondary N) is 1. The van der Waals surface area contributed by atoms with Gasteiger partial charge in [-0.05, 0) is 25.0 Å². The Labute approximate surface area is 119 Å². The maximum atomic E-state index is 12.0. The number of fused-ring (bicyclic) bond motifs is 1. The molecular formula is C16H22N2O2. The maximum Gasteiger partial charge on any atom is 0.222 e. The standard InChI is InChI=1S/C16H22N2O2/c1-3-20-11-10-18(2)16(19)9-8-13-12-17-15-7-5-4-6-14(13)15/h4-7,12,17H,3,8-11H2,1-2H3. The van der Waals surface area contributed by atoms with Gasteiger partial charge < -0.3 is 14.6 Å². The Bertz CT molecular complexity index is 562. The number of carbonyl (C=O) groups is 1. The van der Waals surface area contributed by atoms with Crippen LogP contribution in [0.25, 0.3) is 10.9 Å². The fourth-order valence-corrected chi connectivity index (χ4v) is 2.24. The van der Waals surface area contributed by atoms with Crippen LogP contribution in [0.2, 0.25) is 0 Å². The maximum absolute atomic E-state index is 12.0. The van der Waals surface area contributed by atoms with Crippen molar-refractivity contribution in [1.29, 1.82) is 0 Å². The van der Waals surface area contributed by atoms with E-state index < -0.39 is 0 Å². The molecule has 1 heterocycles. The van der Waals surface area contributed by atoms with Gasteiger partial charge in [0, 0.05) is 43.7 Å². The Morgan fingerprint density at radius 1 is 1.35 bits per heavy atom. The first-order valence-corrected chi connectivity index (χ1v) is 7.09. The zero-order chi connectivity index (χ0) is 14.4. The van der Waals surface area contributed by atoms with Gasteiger partial charge in [-0.3, -0.25) is 4.79 Å². The molecule has 0 saturated carbocycles. The van der Waals surface area contributed by atoms with E-state index in [4.69, 9.17) is 4.74 Å². The van der Waals surface area contributed by atoms with Crippen molar-refractivity contribution < 1.29 is 9.53 Å². The van der Waals surface area contributed by atoms with Gasteiger partial charge in [0.25, 0.3) is 0 Å². The lowest BCUT2D eigenvalue weighted by Crippen LogP contribution is -2.30. The summed E-state index contributed by atoms with van der Waals surface area (Å²) in [5.41, 5.74) is 2.33. The largest absolute Gasteiger partial charge is 0.380 e. The number of likely N-dealkylation sites (N-methyl/N-ethyl adjacent to an activating group) is 1. The molecule has 1 amide bonds. The van der Waals surface area contributed by atoms with Crippen LogP contribution in [0.1, 0.15) is 18.9 Å². The number of carbonyl (C=O) groups excluding carboxylic acids is 1. The number of hydrogen-bond acceptors (Lipinski definition) is 2. The van der Waals surface area contributed by atoms with E-state index in [2.05, 4.69) is 17.1 Å². The van der Waals surface area contributed by atoms with Crippen molar-refractivity contribution in [3.8, 4) is 0 Å². The number of aromatic amines is 1. The fraction of sp³-hybridized carbons (Fsp3) is 0.438. The predicted octanol–water partition coefficient (Wildman–Crippen LogP) is 2.60. The normalized spacial score (nSPS) is 10.9. The predicted molar refractivity (Wildman–Crippen MR) is 80.7 cm³/mol. The molecule has 1 aromatic heterocycles. The van der Waals surface area contributed by atoms with E-state index in [9.17, 15) is 4.79 Å². The molecule has 0 aliphatic heterocycles. The van der Waals surface area contributed by atoms with Crippen LogP contribution in [-0.2, 0) is 16.0 Å². The summed E-state index contributed by atoms with van der Waals surface area (Å²) in [5, 5.41) is 1.21. The van der Waals surface area contributed by atoms with Crippen LogP contribution in [0.4, 0.5) is 0 Å². The van der Waals surface area contributed by atoms with Crippen LogP contribution in [0, 0.1) is 0 Å². The van der Waals surface area contributed by atoms with Crippen molar-refractivity contribution in [2.45, 2.75) is 19.8 Å². The number of amides is 1. The molecule has 20 heavy (non-hydrogen) atoms. The van der Waals surface area contributed by atoms with Crippen molar-refractivity contribution in [2.75, 3.05) is 26.8 Å². The number of benzene rings is 1. The van der Waals surface area contributed by atoms with Crippen LogP contribution in [0.5, 0.6) is 0 Å². The van der Waals surface area contributed by atoms with Gasteiger partial charge >= 0.3 is 0 Å². The van der Waals surface area contributed by atoms with Crippen LogP contribution < -0.4 is 0 Å². The second-order valence-corrected chi connectivity index (χ2v) is 4.87. The lowest BCUT2D eigenvalue weighted by Gasteiger charge is -2.16. The second kappa shape index (κ2) is 7.10. The molecular weight excluding hydrogens is 252 g/mol. The molecule has 0 unspecified atom stereocenters. The molecule has 1 aromatic carbocycles. The highest BCUT2D eigenvalue weighted by atomic mass is 16.5. The molecule has 0 saturated heterocycles. The van der Waals surface area contributed by atoms with E-state index in [1.165, 1.54) is 10.9 Å². The van der Waals surface area contributed by atoms with Crippen LogP contribution in [0.3, 0.4) is 0 Å². The molecule has 1 N–H and O–H groups in total. The first kappa shape index (κ1) is 14.6. The van der Waals surface area contributed by atoms with Gasteiger partial charge in [-0.25, -0.2) is 0 Å². The molecule has 0 radical (unpaired) electrons. The zero-order valence-electron chi connectivity index (χ0n) is 12.2. The Morgan fingerprint density at radius 2 is 2.15 bits per heavy atom. The number of aryl methyl sites for hydroxylation is 1. The van der Waals surface area contributed by atoms with E-state index in [0.29, 0.717) is 26.2 Å². The number of nitrogens with zero attached hydrogens (tertiary/aromatic N) is 1. The van der Waals surface area contributed by atoms with Gasteiger partial charge in [0.2, 0.25) is 5.91 Å². The summed E-state index contributed by atoms with van der Waals surface area (Å²) >= 11 is 0. The summed E-state index contributed by atoms with van der Waals surface area (Å²) in [5.74, 6) is 0.162. The van der Waals surface area contributed by atoms with Gasteiger partial charge in [0.15, 0.2) is 0 Å². The van der Waals surface area contributed by atoms with Crippen LogP contribution >= 0.6 is 0 Å². The summed E-state index contributed by atoms with van der Waals surface area (Å²) in [6.07, 6.45) is 3.30. The SMILES string of the molecule is CCOCCN(C)C(=O)CCc1c[nH]c2ccccc12. The smallest absolute Gasteiger partial charge is 0.222 e. The minimum absolute atomic E-state index is 0.162. The lowest BCUT2D eigenvalue weighted by molar-refractivity contribution is -0.130. The van der Waals surface area contributed by atoms with E-state index in [-0.39, 0.29) is 5.91 Å². The van der Waals surface area contributed by atoms with E-state index in [0.717, 1.165) is 11.9 Å². The molecule has 0 aliphatic rings. The highest BCUT2D eigenvalue weighted by Crippen LogP contribution is 2.19. The second-order valence-electron chi connectivity index (χ2n) is 4.87. The van der Waals surface area contributed by atoms with E-state index in [1.807, 2.05) is 32.3 Å². The molecule has 2 aromatic rings. The first-order valence-electron chi connectivity index (χ1n) is 7.09. The molecule has 2 rings (SSSR count). The Morgan fingerprint density at radius 3 is 2.95 bits per heavy atom. The minimum Gasteiger partial charge on any atom is -0.380 e. The van der Waals surface area contributed by atoms with Crippen molar-refractivity contribution in [1.82, 2.24) is 9.88 Å². The average molecular weight is 274 g/mol. The number of para-hydroxylation sites is 1. The zero-order valence-corrected chi connectivity index (χ0v) is 12.2. The lowest BCUT2D eigenvalue weighted by atomic mass is 10.1.